The van der Waals surface area contributed by atoms with Crippen LogP contribution in [-0.4, -0.2) is 9.59 Å². The van der Waals surface area contributed by atoms with E-state index in [9.17, 15) is 0 Å². The molecule has 3 rings (SSSR count). The fourth-order valence-corrected chi connectivity index (χ4v) is 2.48. The van der Waals surface area contributed by atoms with E-state index in [-0.39, 0.29) is 6.04 Å². The van der Waals surface area contributed by atoms with Gasteiger partial charge in [0.25, 0.3) is 0 Å². The van der Waals surface area contributed by atoms with Crippen molar-refractivity contribution in [2.24, 2.45) is 5.73 Å². The van der Waals surface area contributed by atoms with Crippen LogP contribution < -0.4 is 5.73 Å². The maximum Gasteiger partial charge on any atom is 0.0967 e. The molecule has 0 saturated carbocycles. The molecule has 2 N–H and O–H groups in total. The van der Waals surface area contributed by atoms with Gasteiger partial charge in [-0.1, -0.05) is 59.1 Å². The Labute approximate surface area is 115 Å². The lowest BCUT2D eigenvalue weighted by atomic mass is 10.0. The molecule has 0 aliphatic carbocycles. The van der Waals surface area contributed by atoms with Gasteiger partial charge in [0.15, 0.2) is 0 Å². The molecule has 0 aliphatic heterocycles. The standard InChI is InChI=1S/C15H13N3S/c16-15(14-10-19-18-17-14)13-8-6-12(7-9-13)11-4-2-1-3-5-11/h1-10,15H,16H2. The highest BCUT2D eigenvalue weighted by Crippen LogP contribution is 2.23. The summed E-state index contributed by atoms with van der Waals surface area (Å²) in [6, 6.07) is 18.4. The van der Waals surface area contributed by atoms with E-state index in [4.69, 9.17) is 5.73 Å². The molecule has 0 spiro atoms. The van der Waals surface area contributed by atoms with Gasteiger partial charge in [-0.3, -0.25) is 0 Å². The van der Waals surface area contributed by atoms with Crippen molar-refractivity contribution in [3.8, 4) is 11.1 Å². The van der Waals surface area contributed by atoms with Crippen LogP contribution in [0.4, 0.5) is 0 Å². The summed E-state index contributed by atoms with van der Waals surface area (Å²) in [5.74, 6) is 0. The lowest BCUT2D eigenvalue weighted by molar-refractivity contribution is 0.818. The summed E-state index contributed by atoms with van der Waals surface area (Å²) in [6.07, 6.45) is 0. The quantitative estimate of drug-likeness (QED) is 0.792. The van der Waals surface area contributed by atoms with Crippen LogP contribution in [0.25, 0.3) is 11.1 Å². The van der Waals surface area contributed by atoms with Crippen molar-refractivity contribution in [3.05, 3.63) is 71.2 Å². The Morgan fingerprint density at radius 3 is 2.21 bits per heavy atom. The van der Waals surface area contributed by atoms with Crippen molar-refractivity contribution < 1.29 is 0 Å². The number of hydrogen-bond donors (Lipinski definition) is 1. The van der Waals surface area contributed by atoms with E-state index < -0.39 is 0 Å². The molecule has 1 unspecified atom stereocenters. The Morgan fingerprint density at radius 1 is 0.895 bits per heavy atom. The number of aromatic nitrogens is 2. The number of nitrogens with two attached hydrogens (primary N) is 1. The Kier molecular flexibility index (Phi) is 3.35. The second kappa shape index (κ2) is 5.30. The molecule has 0 amide bonds. The van der Waals surface area contributed by atoms with E-state index in [1.807, 2.05) is 35.7 Å². The molecule has 4 heteroatoms. The molecule has 0 aliphatic rings. The largest absolute Gasteiger partial charge is 0.319 e. The van der Waals surface area contributed by atoms with Crippen LogP contribution in [-0.2, 0) is 0 Å². The molecule has 3 aromatic rings. The number of benzene rings is 2. The highest BCUT2D eigenvalue weighted by Gasteiger charge is 2.11. The van der Waals surface area contributed by atoms with E-state index in [1.165, 1.54) is 22.7 Å². The van der Waals surface area contributed by atoms with E-state index >= 15 is 0 Å². The zero-order chi connectivity index (χ0) is 13.1. The van der Waals surface area contributed by atoms with E-state index in [0.717, 1.165) is 11.3 Å². The molecule has 0 saturated heterocycles. The van der Waals surface area contributed by atoms with Crippen molar-refractivity contribution in [2.45, 2.75) is 6.04 Å². The van der Waals surface area contributed by atoms with Crippen LogP contribution in [0.5, 0.6) is 0 Å². The third-order valence-electron chi connectivity index (χ3n) is 3.07. The van der Waals surface area contributed by atoms with Gasteiger partial charge in [-0.2, -0.15) is 0 Å². The highest BCUT2D eigenvalue weighted by molar-refractivity contribution is 7.03. The normalized spacial score (nSPS) is 12.3. The first-order valence-electron chi connectivity index (χ1n) is 6.02. The summed E-state index contributed by atoms with van der Waals surface area (Å²) >= 11 is 1.32. The third kappa shape index (κ3) is 2.54. The van der Waals surface area contributed by atoms with Crippen molar-refractivity contribution in [2.75, 3.05) is 0 Å². The number of hydrogen-bond acceptors (Lipinski definition) is 4. The summed E-state index contributed by atoms with van der Waals surface area (Å²) in [7, 11) is 0. The van der Waals surface area contributed by atoms with Crippen molar-refractivity contribution >= 4 is 11.5 Å². The lowest BCUT2D eigenvalue weighted by Crippen LogP contribution is -2.12. The van der Waals surface area contributed by atoms with Gasteiger partial charge >= 0.3 is 0 Å². The minimum atomic E-state index is -0.205. The summed E-state index contributed by atoms with van der Waals surface area (Å²) in [4.78, 5) is 0. The summed E-state index contributed by atoms with van der Waals surface area (Å²) in [6.45, 7) is 0. The maximum atomic E-state index is 6.15. The second-order valence-electron chi connectivity index (χ2n) is 4.30. The van der Waals surface area contributed by atoms with Gasteiger partial charge in [0, 0.05) is 5.38 Å². The van der Waals surface area contributed by atoms with Crippen molar-refractivity contribution in [1.82, 2.24) is 9.59 Å². The van der Waals surface area contributed by atoms with Gasteiger partial charge in [-0.25, -0.2) is 0 Å². The smallest absolute Gasteiger partial charge is 0.0967 e. The summed E-state index contributed by atoms with van der Waals surface area (Å²) in [5.41, 5.74) is 10.4. The van der Waals surface area contributed by atoms with Crippen LogP contribution >= 0.6 is 11.5 Å². The summed E-state index contributed by atoms with van der Waals surface area (Å²) in [5, 5.41) is 5.90. The van der Waals surface area contributed by atoms with Gasteiger partial charge in [0.2, 0.25) is 0 Å². The number of nitrogens with zero attached hydrogens (tertiary/aromatic N) is 2. The maximum absolute atomic E-state index is 6.15. The molecule has 2 aromatic carbocycles. The van der Waals surface area contributed by atoms with Crippen molar-refractivity contribution in [3.63, 3.8) is 0 Å². The molecule has 1 heterocycles. The zero-order valence-corrected chi connectivity index (χ0v) is 11.0. The van der Waals surface area contributed by atoms with Gasteiger partial charge in [0.1, 0.15) is 0 Å². The fraction of sp³-hybridized carbons (Fsp3) is 0.0667. The minimum absolute atomic E-state index is 0.205. The van der Waals surface area contributed by atoms with Crippen LogP contribution in [0.15, 0.2) is 60.0 Å². The molecule has 0 fully saturated rings. The molecule has 1 atom stereocenters. The Hall–Kier alpha value is -2.04. The van der Waals surface area contributed by atoms with E-state index in [1.54, 1.807) is 0 Å². The molecule has 0 bridgehead atoms. The highest BCUT2D eigenvalue weighted by atomic mass is 32.1. The van der Waals surface area contributed by atoms with Crippen LogP contribution in [0.1, 0.15) is 17.3 Å². The Bertz CT molecular complexity index is 633. The third-order valence-corrected chi connectivity index (χ3v) is 3.60. The van der Waals surface area contributed by atoms with Crippen LogP contribution in [0.3, 0.4) is 0 Å². The first-order chi connectivity index (χ1) is 9.34. The number of rotatable bonds is 3. The van der Waals surface area contributed by atoms with Gasteiger partial charge in [-0.15, -0.1) is 5.10 Å². The van der Waals surface area contributed by atoms with E-state index in [0.29, 0.717) is 0 Å². The lowest BCUT2D eigenvalue weighted by Gasteiger charge is -2.09. The second-order valence-corrected chi connectivity index (χ2v) is 4.91. The molecule has 94 valence electrons. The van der Waals surface area contributed by atoms with Crippen LogP contribution in [0, 0.1) is 0 Å². The fourth-order valence-electron chi connectivity index (χ4n) is 1.99. The average molecular weight is 267 g/mol. The van der Waals surface area contributed by atoms with Gasteiger partial charge in [0.05, 0.1) is 11.7 Å². The first kappa shape index (κ1) is 12.0. The molecule has 3 nitrogen and oxygen atoms in total. The van der Waals surface area contributed by atoms with Crippen molar-refractivity contribution in [1.29, 1.82) is 0 Å². The predicted octanol–water partition coefficient (Wildman–Crippen LogP) is 3.25. The molecule has 1 aromatic heterocycles. The first-order valence-corrected chi connectivity index (χ1v) is 6.86. The minimum Gasteiger partial charge on any atom is -0.319 e. The monoisotopic (exact) mass is 267 g/mol. The van der Waals surface area contributed by atoms with Gasteiger partial charge < -0.3 is 5.73 Å². The topological polar surface area (TPSA) is 51.8 Å². The zero-order valence-electron chi connectivity index (χ0n) is 10.2. The Morgan fingerprint density at radius 2 is 1.58 bits per heavy atom. The summed E-state index contributed by atoms with van der Waals surface area (Å²) < 4.78 is 3.85. The Balaban J connectivity index is 1.87. The SMILES string of the molecule is NC(c1ccc(-c2ccccc2)cc1)c1csnn1. The molecular formula is C15H13N3S. The molecule has 19 heavy (non-hydrogen) atoms. The molecular weight excluding hydrogens is 254 g/mol. The van der Waals surface area contributed by atoms with Crippen LogP contribution in [0.2, 0.25) is 0 Å². The van der Waals surface area contributed by atoms with Gasteiger partial charge in [-0.05, 0) is 28.2 Å². The molecule has 0 radical (unpaired) electrons. The predicted molar refractivity (Wildman–Crippen MR) is 77.8 cm³/mol. The van der Waals surface area contributed by atoms with E-state index in [2.05, 4.69) is 33.9 Å². The average Bonchev–Trinajstić information content (AvgIpc) is 3.02.